The van der Waals surface area contributed by atoms with Gasteiger partial charge in [0.15, 0.2) is 0 Å². The number of pyridine rings is 1. The molecule has 0 aliphatic heterocycles. The lowest BCUT2D eigenvalue weighted by Crippen LogP contribution is -2.38. The summed E-state index contributed by atoms with van der Waals surface area (Å²) in [6.45, 7) is -5.11. The molecule has 16 heavy (non-hydrogen) atoms. The Labute approximate surface area is 89.4 Å². The fourth-order valence-electron chi connectivity index (χ4n) is 1.71. The third kappa shape index (κ3) is 1.60. The molecular weight excluding hydrogens is 218 g/mol. The van der Waals surface area contributed by atoms with Crippen LogP contribution in [0.25, 0.3) is 10.8 Å². The zero-order chi connectivity index (χ0) is 11.9. The quantitative estimate of drug-likeness (QED) is 0.676. The molecule has 2 rings (SSSR count). The fourth-order valence-corrected chi connectivity index (χ4v) is 1.71. The van der Waals surface area contributed by atoms with Crippen LogP contribution in [0.3, 0.4) is 0 Å². The third-order valence-corrected chi connectivity index (χ3v) is 2.47. The smallest absolute Gasteiger partial charge is 0.445 e. The van der Waals surface area contributed by atoms with Crippen LogP contribution < -0.4 is 11.0 Å². The van der Waals surface area contributed by atoms with E-state index in [2.05, 4.69) is 0 Å². The van der Waals surface area contributed by atoms with Crippen molar-refractivity contribution in [1.82, 2.24) is 4.57 Å². The van der Waals surface area contributed by atoms with E-state index < -0.39 is 18.0 Å². The van der Waals surface area contributed by atoms with Gasteiger partial charge in [0.1, 0.15) is 0 Å². The monoisotopic (exact) mass is 226 g/mol. The van der Waals surface area contributed by atoms with Crippen molar-refractivity contribution in [2.75, 3.05) is 0 Å². The number of aromatic nitrogens is 1. The Morgan fingerprint density at radius 3 is 2.25 bits per heavy atom. The number of nitrogens with zero attached hydrogens (tertiary/aromatic N) is 1. The molecule has 0 saturated heterocycles. The lowest BCUT2D eigenvalue weighted by Gasteiger charge is -2.18. The van der Waals surface area contributed by atoms with Crippen molar-refractivity contribution >= 4 is 23.2 Å². The number of aryl methyl sites for hydroxylation is 1. The lowest BCUT2D eigenvalue weighted by atomic mass is 9.78. The summed E-state index contributed by atoms with van der Waals surface area (Å²) in [7, 11) is 1.32. The van der Waals surface area contributed by atoms with Crippen LogP contribution in [0.5, 0.6) is 0 Å². The first-order valence-corrected chi connectivity index (χ1v) is 4.69. The minimum atomic E-state index is -5.11. The van der Waals surface area contributed by atoms with E-state index >= 15 is 0 Å². The molecule has 0 unspecified atom stereocenters. The zero-order valence-electron chi connectivity index (χ0n) is 8.45. The normalized spacial score (nSPS) is 12.0. The van der Waals surface area contributed by atoms with Gasteiger partial charge in [-0.1, -0.05) is 23.7 Å². The van der Waals surface area contributed by atoms with Gasteiger partial charge in [0, 0.05) is 12.4 Å². The van der Waals surface area contributed by atoms with E-state index in [4.69, 9.17) is 0 Å². The van der Waals surface area contributed by atoms with Gasteiger partial charge < -0.3 is 17.5 Å². The van der Waals surface area contributed by atoms with Gasteiger partial charge in [-0.05, 0) is 17.6 Å². The van der Waals surface area contributed by atoms with Gasteiger partial charge in [0.25, 0.3) is 5.56 Å². The first-order chi connectivity index (χ1) is 7.41. The van der Waals surface area contributed by atoms with Crippen LogP contribution in [0, 0.1) is 0 Å². The molecule has 0 amide bonds. The summed E-state index contributed by atoms with van der Waals surface area (Å²) < 4.78 is 39.3. The number of hydrogen-bond donors (Lipinski definition) is 0. The molecule has 84 valence electrons. The highest BCUT2D eigenvalue weighted by Gasteiger charge is 2.28. The van der Waals surface area contributed by atoms with Crippen molar-refractivity contribution in [3.8, 4) is 0 Å². The molecule has 0 aliphatic rings. The van der Waals surface area contributed by atoms with Crippen LogP contribution >= 0.6 is 0 Å². The predicted molar refractivity (Wildman–Crippen MR) is 57.9 cm³/mol. The van der Waals surface area contributed by atoms with E-state index in [1.54, 1.807) is 6.07 Å². The summed E-state index contributed by atoms with van der Waals surface area (Å²) in [6, 6.07) is 5.77. The lowest BCUT2D eigenvalue weighted by molar-refractivity contribution is 0.501. The maximum atomic E-state index is 12.8. The standard InChI is InChI=1S/C10H8BF3NO/c1-15-6-9(11(12,13)14)7-4-2-3-5-8(7)10(15)16/h2-6H,1H3/q-1. The van der Waals surface area contributed by atoms with Crippen LogP contribution in [0.2, 0.25) is 0 Å². The summed E-state index contributed by atoms with van der Waals surface area (Å²) in [5.74, 6) is 0. The van der Waals surface area contributed by atoms with Crippen molar-refractivity contribution in [1.29, 1.82) is 0 Å². The van der Waals surface area contributed by atoms with Gasteiger partial charge in [-0.25, -0.2) is 0 Å². The first kappa shape index (κ1) is 10.8. The number of halogens is 3. The largest absolute Gasteiger partial charge is 0.511 e. The van der Waals surface area contributed by atoms with Gasteiger partial charge in [0.2, 0.25) is 0 Å². The molecular formula is C10H8BF3NO-. The van der Waals surface area contributed by atoms with E-state index in [0.29, 0.717) is 0 Å². The SMILES string of the molecule is Cn1cc([B-](F)(F)F)c2ccccc2c1=O. The van der Waals surface area contributed by atoms with Crippen molar-refractivity contribution in [3.05, 3.63) is 40.8 Å². The molecule has 0 saturated carbocycles. The molecule has 0 spiro atoms. The predicted octanol–water partition coefficient (Wildman–Crippen LogP) is 1.59. The van der Waals surface area contributed by atoms with Gasteiger partial charge in [-0.15, -0.1) is 0 Å². The first-order valence-electron chi connectivity index (χ1n) is 4.69. The zero-order valence-corrected chi connectivity index (χ0v) is 8.45. The van der Waals surface area contributed by atoms with E-state index in [-0.39, 0.29) is 10.8 Å². The molecule has 0 atom stereocenters. The van der Waals surface area contributed by atoms with Crippen LogP contribution in [-0.4, -0.2) is 11.5 Å². The van der Waals surface area contributed by atoms with Crippen LogP contribution in [0.1, 0.15) is 0 Å². The average molecular weight is 226 g/mol. The molecule has 0 bridgehead atoms. The highest BCUT2D eigenvalue weighted by molar-refractivity contribution is 6.75. The van der Waals surface area contributed by atoms with Crippen molar-refractivity contribution in [2.45, 2.75) is 0 Å². The van der Waals surface area contributed by atoms with E-state index in [1.165, 1.54) is 25.2 Å². The topological polar surface area (TPSA) is 22.0 Å². The molecule has 0 N–H and O–H groups in total. The maximum absolute atomic E-state index is 12.8. The summed E-state index contributed by atoms with van der Waals surface area (Å²) in [4.78, 5) is 11.6. The van der Waals surface area contributed by atoms with Crippen LogP contribution in [0.4, 0.5) is 12.9 Å². The Bertz CT molecular complexity index is 603. The number of benzene rings is 1. The van der Waals surface area contributed by atoms with Crippen LogP contribution in [0.15, 0.2) is 35.3 Å². The molecule has 0 fully saturated rings. The average Bonchev–Trinajstić information content (AvgIpc) is 2.22. The van der Waals surface area contributed by atoms with Crippen molar-refractivity contribution in [3.63, 3.8) is 0 Å². The minimum Gasteiger partial charge on any atom is -0.445 e. The molecule has 1 aromatic heterocycles. The van der Waals surface area contributed by atoms with E-state index in [9.17, 15) is 17.7 Å². The van der Waals surface area contributed by atoms with Gasteiger partial charge >= 0.3 is 6.98 Å². The molecule has 2 nitrogen and oxygen atoms in total. The summed E-state index contributed by atoms with van der Waals surface area (Å²) >= 11 is 0. The molecule has 0 radical (unpaired) electrons. The van der Waals surface area contributed by atoms with Crippen molar-refractivity contribution < 1.29 is 12.9 Å². The molecule has 1 aromatic carbocycles. The summed E-state index contributed by atoms with van der Waals surface area (Å²) in [5.41, 5.74) is -1.14. The van der Waals surface area contributed by atoms with Gasteiger partial charge in [-0.2, -0.15) is 0 Å². The van der Waals surface area contributed by atoms with E-state index in [1.807, 2.05) is 0 Å². The maximum Gasteiger partial charge on any atom is 0.511 e. The molecule has 1 heterocycles. The Kier molecular flexibility index (Phi) is 2.29. The van der Waals surface area contributed by atoms with Gasteiger partial charge in [-0.3, -0.25) is 4.79 Å². The van der Waals surface area contributed by atoms with E-state index in [0.717, 1.165) is 10.8 Å². The third-order valence-electron chi connectivity index (χ3n) is 2.47. The Morgan fingerprint density at radius 1 is 1.12 bits per heavy atom. The second-order valence-electron chi connectivity index (χ2n) is 3.62. The Morgan fingerprint density at radius 2 is 1.69 bits per heavy atom. The number of fused-ring (bicyclic) bond motifs is 1. The highest BCUT2D eigenvalue weighted by atomic mass is 19.4. The summed E-state index contributed by atoms with van der Waals surface area (Å²) in [6.07, 6.45) is 0.852. The Balaban J connectivity index is 2.97. The fraction of sp³-hybridized carbons (Fsp3) is 0.100. The Hall–Kier alpha value is -1.72. The van der Waals surface area contributed by atoms with Gasteiger partial charge in [0.05, 0.1) is 0 Å². The second kappa shape index (κ2) is 3.40. The van der Waals surface area contributed by atoms with Crippen LogP contribution in [-0.2, 0) is 7.05 Å². The summed E-state index contributed by atoms with van der Waals surface area (Å²) in [5, 5.41) is 0.0693. The number of hydrogen-bond acceptors (Lipinski definition) is 1. The number of rotatable bonds is 1. The molecule has 6 heteroatoms. The highest BCUT2D eigenvalue weighted by Crippen LogP contribution is 2.15. The van der Waals surface area contributed by atoms with Crippen molar-refractivity contribution in [2.24, 2.45) is 7.05 Å². The molecule has 0 aliphatic carbocycles. The second-order valence-corrected chi connectivity index (χ2v) is 3.62. The molecule has 2 aromatic rings. The minimum absolute atomic E-state index is 0.0295.